The van der Waals surface area contributed by atoms with E-state index >= 15 is 0 Å². The third-order valence-electron chi connectivity index (χ3n) is 4.78. The molecule has 0 fully saturated rings. The normalized spacial score (nSPS) is 10.5. The molecule has 0 atom stereocenters. The van der Waals surface area contributed by atoms with Gasteiger partial charge < -0.3 is 10.1 Å². The second-order valence-electron chi connectivity index (χ2n) is 6.93. The van der Waals surface area contributed by atoms with Gasteiger partial charge >= 0.3 is 5.69 Å². The summed E-state index contributed by atoms with van der Waals surface area (Å²) in [4.78, 5) is 36.0. The van der Waals surface area contributed by atoms with Crippen LogP contribution in [0.15, 0.2) is 60.9 Å². The minimum absolute atomic E-state index is 0.0377. The Morgan fingerprint density at radius 1 is 1.03 bits per heavy atom. The molecule has 0 unspecified atom stereocenters. The molecule has 33 heavy (non-hydrogen) atoms. The topological polar surface area (TPSA) is 144 Å². The van der Waals surface area contributed by atoms with Gasteiger partial charge in [0.2, 0.25) is 11.6 Å². The lowest BCUT2D eigenvalue weighted by molar-refractivity contribution is -0.383. The molecule has 2 aromatic carbocycles. The molecule has 11 heteroatoms. The number of ether oxygens (including phenoxy) is 1. The number of nitrogens with zero attached hydrogens (tertiary/aromatic N) is 4. The predicted molar refractivity (Wildman–Crippen MR) is 123 cm³/mol. The van der Waals surface area contributed by atoms with Gasteiger partial charge in [0, 0.05) is 22.3 Å². The SMILES string of the molecule is COc1ccc(C(=O)NNc2ncnc(Nc3cccc4nc(C)ccc34)c2[N+](=O)[O-])cc1. The lowest BCUT2D eigenvalue weighted by Crippen LogP contribution is -2.30. The number of nitrogens with one attached hydrogen (secondary N) is 3. The van der Waals surface area contributed by atoms with E-state index in [0.29, 0.717) is 17.0 Å². The fourth-order valence-electron chi connectivity index (χ4n) is 3.16. The lowest BCUT2D eigenvalue weighted by atomic mass is 10.1. The molecule has 0 aliphatic carbocycles. The van der Waals surface area contributed by atoms with Gasteiger partial charge in [-0.05, 0) is 55.5 Å². The van der Waals surface area contributed by atoms with Gasteiger partial charge in [-0.25, -0.2) is 9.97 Å². The molecule has 0 saturated heterocycles. The van der Waals surface area contributed by atoms with Crippen LogP contribution in [0.4, 0.5) is 23.0 Å². The number of carbonyl (C=O) groups is 1. The summed E-state index contributed by atoms with van der Waals surface area (Å²) in [7, 11) is 1.52. The first-order chi connectivity index (χ1) is 16.0. The first-order valence-electron chi connectivity index (χ1n) is 9.79. The van der Waals surface area contributed by atoms with E-state index in [1.807, 2.05) is 25.1 Å². The number of anilines is 3. The van der Waals surface area contributed by atoms with E-state index in [9.17, 15) is 14.9 Å². The van der Waals surface area contributed by atoms with E-state index in [-0.39, 0.29) is 11.6 Å². The number of nitro groups is 1. The van der Waals surface area contributed by atoms with Crippen LogP contribution in [-0.2, 0) is 0 Å². The summed E-state index contributed by atoms with van der Waals surface area (Å²) in [6, 6.07) is 15.5. The highest BCUT2D eigenvalue weighted by Crippen LogP contribution is 2.33. The molecule has 2 heterocycles. The number of hydrogen-bond donors (Lipinski definition) is 3. The van der Waals surface area contributed by atoms with Crippen molar-refractivity contribution >= 4 is 39.8 Å². The zero-order valence-electron chi connectivity index (χ0n) is 17.7. The third-order valence-corrected chi connectivity index (χ3v) is 4.78. The summed E-state index contributed by atoms with van der Waals surface area (Å²) in [6.45, 7) is 1.88. The molecular formula is C22H19N7O4. The van der Waals surface area contributed by atoms with Gasteiger partial charge in [-0.15, -0.1) is 0 Å². The quantitative estimate of drug-likeness (QED) is 0.286. The van der Waals surface area contributed by atoms with E-state index in [2.05, 4.69) is 31.1 Å². The van der Waals surface area contributed by atoms with Crippen molar-refractivity contribution in [1.29, 1.82) is 0 Å². The van der Waals surface area contributed by atoms with Crippen LogP contribution in [-0.4, -0.2) is 32.9 Å². The van der Waals surface area contributed by atoms with Crippen LogP contribution in [0, 0.1) is 17.0 Å². The Balaban J connectivity index is 1.60. The number of aryl methyl sites for hydroxylation is 1. The van der Waals surface area contributed by atoms with Crippen molar-refractivity contribution in [3.05, 3.63) is 82.3 Å². The van der Waals surface area contributed by atoms with Crippen LogP contribution in [0.2, 0.25) is 0 Å². The van der Waals surface area contributed by atoms with Crippen LogP contribution in [0.1, 0.15) is 16.1 Å². The molecule has 0 bridgehead atoms. The fraction of sp³-hybridized carbons (Fsp3) is 0.0909. The maximum absolute atomic E-state index is 12.4. The number of benzene rings is 2. The first kappa shape index (κ1) is 21.4. The number of pyridine rings is 1. The average Bonchev–Trinajstić information content (AvgIpc) is 2.82. The summed E-state index contributed by atoms with van der Waals surface area (Å²) in [5.74, 6) is -0.117. The molecule has 0 aliphatic heterocycles. The highest BCUT2D eigenvalue weighted by molar-refractivity contribution is 5.96. The second kappa shape index (κ2) is 9.14. The molecule has 166 valence electrons. The molecular weight excluding hydrogens is 426 g/mol. The summed E-state index contributed by atoms with van der Waals surface area (Å²) in [5.41, 5.74) is 7.02. The Labute approximate surface area is 188 Å². The Morgan fingerprint density at radius 2 is 1.79 bits per heavy atom. The minimum Gasteiger partial charge on any atom is -0.497 e. The number of hydrogen-bond acceptors (Lipinski definition) is 9. The maximum Gasteiger partial charge on any atom is 0.355 e. The number of rotatable bonds is 7. The van der Waals surface area contributed by atoms with Gasteiger partial charge in [-0.1, -0.05) is 6.07 Å². The van der Waals surface area contributed by atoms with Crippen molar-refractivity contribution in [3.63, 3.8) is 0 Å². The van der Waals surface area contributed by atoms with E-state index in [0.717, 1.165) is 22.9 Å². The molecule has 0 saturated carbocycles. The van der Waals surface area contributed by atoms with Crippen LogP contribution < -0.4 is 20.9 Å². The van der Waals surface area contributed by atoms with Gasteiger partial charge in [-0.2, -0.15) is 0 Å². The molecule has 0 radical (unpaired) electrons. The molecule has 2 aromatic heterocycles. The largest absolute Gasteiger partial charge is 0.497 e. The number of amides is 1. The van der Waals surface area contributed by atoms with Gasteiger partial charge in [0.05, 0.1) is 17.5 Å². The Hall–Kier alpha value is -4.80. The van der Waals surface area contributed by atoms with Crippen LogP contribution in [0.25, 0.3) is 10.9 Å². The van der Waals surface area contributed by atoms with Crippen molar-refractivity contribution < 1.29 is 14.5 Å². The van der Waals surface area contributed by atoms with E-state index in [1.165, 1.54) is 7.11 Å². The monoisotopic (exact) mass is 445 g/mol. The first-order valence-corrected chi connectivity index (χ1v) is 9.79. The Kier molecular flexibility index (Phi) is 5.94. The van der Waals surface area contributed by atoms with Crippen molar-refractivity contribution in [2.45, 2.75) is 6.92 Å². The van der Waals surface area contributed by atoms with Gasteiger partial charge in [0.25, 0.3) is 5.91 Å². The third kappa shape index (κ3) is 4.61. The van der Waals surface area contributed by atoms with Crippen LogP contribution in [0.3, 0.4) is 0 Å². The van der Waals surface area contributed by atoms with E-state index in [1.54, 1.807) is 36.4 Å². The summed E-state index contributed by atoms with van der Waals surface area (Å²) < 4.78 is 5.06. The number of carbonyl (C=O) groups excluding carboxylic acids is 1. The number of aromatic nitrogens is 3. The highest BCUT2D eigenvalue weighted by Gasteiger charge is 2.24. The zero-order chi connectivity index (χ0) is 23.4. The number of fused-ring (bicyclic) bond motifs is 1. The van der Waals surface area contributed by atoms with Crippen molar-refractivity contribution in [2.24, 2.45) is 0 Å². The predicted octanol–water partition coefficient (Wildman–Crippen LogP) is 3.75. The van der Waals surface area contributed by atoms with Crippen molar-refractivity contribution in [3.8, 4) is 5.75 Å². The smallest absolute Gasteiger partial charge is 0.355 e. The Bertz CT molecular complexity index is 1340. The second-order valence-corrected chi connectivity index (χ2v) is 6.93. The molecule has 11 nitrogen and oxygen atoms in total. The Morgan fingerprint density at radius 3 is 2.52 bits per heavy atom. The molecule has 3 N–H and O–H groups in total. The highest BCUT2D eigenvalue weighted by atomic mass is 16.6. The van der Waals surface area contributed by atoms with Crippen LogP contribution in [0.5, 0.6) is 5.75 Å². The average molecular weight is 445 g/mol. The summed E-state index contributed by atoms with van der Waals surface area (Å²) in [6.07, 6.45) is 1.16. The molecule has 1 amide bonds. The fourth-order valence-corrected chi connectivity index (χ4v) is 3.16. The van der Waals surface area contributed by atoms with Crippen molar-refractivity contribution in [2.75, 3.05) is 17.9 Å². The molecule has 0 aliphatic rings. The van der Waals surface area contributed by atoms with Gasteiger partial charge in [-0.3, -0.25) is 30.7 Å². The summed E-state index contributed by atoms with van der Waals surface area (Å²) >= 11 is 0. The molecule has 4 aromatic rings. The van der Waals surface area contributed by atoms with Gasteiger partial charge in [0.1, 0.15) is 12.1 Å². The molecule has 4 rings (SSSR count). The number of methoxy groups -OCH3 is 1. The van der Waals surface area contributed by atoms with Crippen LogP contribution >= 0.6 is 0 Å². The van der Waals surface area contributed by atoms with Gasteiger partial charge in [0.15, 0.2) is 0 Å². The number of hydrazine groups is 1. The summed E-state index contributed by atoms with van der Waals surface area (Å²) in [5, 5.41) is 15.6. The maximum atomic E-state index is 12.4. The van der Waals surface area contributed by atoms with Crippen molar-refractivity contribution in [1.82, 2.24) is 20.4 Å². The zero-order valence-corrected chi connectivity index (χ0v) is 17.7. The van der Waals surface area contributed by atoms with E-state index in [4.69, 9.17) is 4.74 Å². The lowest BCUT2D eigenvalue weighted by Gasteiger charge is -2.12. The standard InChI is InChI=1S/C22H19N7O4/c1-13-6-11-16-17(25-13)4-3-5-18(16)26-20-19(29(31)32)21(24-12-23-20)27-28-22(30)14-7-9-15(33-2)10-8-14/h3-12H,1-2H3,(H,28,30)(H2,23,24,26,27). The van der Waals surface area contributed by atoms with E-state index < -0.39 is 16.5 Å². The minimum atomic E-state index is -0.627. The molecule has 0 spiro atoms.